The van der Waals surface area contributed by atoms with Crippen molar-refractivity contribution in [3.05, 3.63) is 95.4 Å². The molecule has 4 rings (SSSR count). The zero-order valence-electron chi connectivity index (χ0n) is 17.2. The lowest BCUT2D eigenvalue weighted by Crippen LogP contribution is -2.32. The van der Waals surface area contributed by atoms with Crippen LogP contribution in [-0.2, 0) is 9.59 Å². The number of benzene rings is 3. The Labute approximate surface area is 179 Å². The van der Waals surface area contributed by atoms with Gasteiger partial charge in [-0.15, -0.1) is 0 Å². The summed E-state index contributed by atoms with van der Waals surface area (Å²) in [5.74, 6) is -0.866. The minimum atomic E-state index is -0.515. The van der Waals surface area contributed by atoms with Gasteiger partial charge in [-0.05, 0) is 55.8 Å². The van der Waals surface area contributed by atoms with Crippen LogP contribution in [-0.4, -0.2) is 18.4 Å². The number of ether oxygens (including phenoxy) is 1. The first-order valence-electron chi connectivity index (χ1n) is 9.94. The Morgan fingerprint density at radius 3 is 2.26 bits per heavy atom. The summed E-state index contributed by atoms with van der Waals surface area (Å²) in [6, 6.07) is 19.9. The van der Waals surface area contributed by atoms with Crippen LogP contribution in [0.2, 0.25) is 0 Å². The average molecular weight is 416 g/mol. The zero-order chi connectivity index (χ0) is 22.0. The van der Waals surface area contributed by atoms with Gasteiger partial charge >= 0.3 is 0 Å². The maximum atomic E-state index is 13.4. The molecule has 0 unspecified atom stereocenters. The molecular weight excluding hydrogens is 395 g/mol. The van der Waals surface area contributed by atoms with Gasteiger partial charge in [0.15, 0.2) is 0 Å². The Balaban J connectivity index is 1.82. The third kappa shape index (κ3) is 3.92. The molecule has 0 atom stereocenters. The van der Waals surface area contributed by atoms with Crippen molar-refractivity contribution in [2.45, 2.75) is 13.8 Å². The number of hydrogen-bond acceptors (Lipinski definition) is 4. The highest BCUT2D eigenvalue weighted by Crippen LogP contribution is 2.35. The highest BCUT2D eigenvalue weighted by atomic mass is 19.1. The van der Waals surface area contributed by atoms with E-state index in [1.54, 1.807) is 24.3 Å². The second-order valence-corrected chi connectivity index (χ2v) is 7.09. The number of rotatable bonds is 6. The van der Waals surface area contributed by atoms with Crippen LogP contribution in [0.5, 0.6) is 5.75 Å². The maximum Gasteiger partial charge on any atom is 0.282 e. The summed E-state index contributed by atoms with van der Waals surface area (Å²) in [5, 5.41) is 3.12. The third-order valence-electron chi connectivity index (χ3n) is 4.96. The Hall–Kier alpha value is -3.93. The van der Waals surface area contributed by atoms with E-state index in [0.717, 1.165) is 10.5 Å². The largest absolute Gasteiger partial charge is 0.492 e. The van der Waals surface area contributed by atoms with Gasteiger partial charge in [-0.2, -0.15) is 0 Å². The summed E-state index contributed by atoms with van der Waals surface area (Å²) in [6.45, 7) is 4.27. The van der Waals surface area contributed by atoms with Gasteiger partial charge in [-0.3, -0.25) is 9.59 Å². The van der Waals surface area contributed by atoms with E-state index in [4.69, 9.17) is 4.74 Å². The molecule has 0 aromatic heterocycles. The third-order valence-corrected chi connectivity index (χ3v) is 4.96. The van der Waals surface area contributed by atoms with E-state index >= 15 is 0 Å². The second kappa shape index (κ2) is 8.44. The van der Waals surface area contributed by atoms with Crippen molar-refractivity contribution in [2.24, 2.45) is 0 Å². The molecule has 1 aliphatic heterocycles. The minimum Gasteiger partial charge on any atom is -0.492 e. The smallest absolute Gasteiger partial charge is 0.282 e. The number of halogens is 1. The van der Waals surface area contributed by atoms with Crippen molar-refractivity contribution in [3.8, 4) is 5.75 Å². The summed E-state index contributed by atoms with van der Waals surface area (Å²) in [5.41, 5.74) is 2.92. The van der Waals surface area contributed by atoms with Crippen molar-refractivity contribution in [2.75, 3.05) is 16.8 Å². The number of anilines is 2. The first kappa shape index (κ1) is 20.3. The van der Waals surface area contributed by atoms with Crippen molar-refractivity contribution in [3.63, 3.8) is 0 Å². The zero-order valence-corrected chi connectivity index (χ0v) is 17.2. The average Bonchev–Trinajstić information content (AvgIpc) is 3.01. The fraction of sp³-hybridized carbons (Fsp3) is 0.120. The number of nitrogens with zero attached hydrogens (tertiary/aromatic N) is 1. The maximum absolute atomic E-state index is 13.4. The number of imide groups is 1. The monoisotopic (exact) mass is 416 g/mol. The standard InChI is InChI=1S/C25H21FN2O3/c1-3-31-21-7-5-4-6-20(21)27-23-22(17-10-8-16(2)9-11-17)24(29)28(25(23)30)19-14-12-18(26)13-15-19/h4-15,27H,3H2,1-2H3. The molecule has 1 aliphatic rings. The predicted molar refractivity (Wildman–Crippen MR) is 118 cm³/mol. The lowest BCUT2D eigenvalue weighted by atomic mass is 10.0. The number of nitrogens with one attached hydrogen (secondary N) is 1. The molecule has 0 bridgehead atoms. The van der Waals surface area contributed by atoms with Crippen LogP contribution < -0.4 is 15.0 Å². The van der Waals surface area contributed by atoms with Gasteiger partial charge in [-0.25, -0.2) is 9.29 Å². The Morgan fingerprint density at radius 2 is 1.58 bits per heavy atom. The van der Waals surface area contributed by atoms with E-state index in [1.165, 1.54) is 24.3 Å². The molecule has 3 aromatic carbocycles. The second-order valence-electron chi connectivity index (χ2n) is 7.09. The molecule has 31 heavy (non-hydrogen) atoms. The summed E-state index contributed by atoms with van der Waals surface area (Å²) >= 11 is 0. The van der Waals surface area contributed by atoms with Gasteiger partial charge in [0.1, 0.15) is 17.3 Å². The number of carbonyl (C=O) groups is 2. The number of para-hydroxylation sites is 2. The first-order valence-corrected chi connectivity index (χ1v) is 9.94. The quantitative estimate of drug-likeness (QED) is 0.579. The van der Waals surface area contributed by atoms with Crippen LogP contribution in [0.3, 0.4) is 0 Å². The number of hydrogen-bond donors (Lipinski definition) is 1. The molecule has 1 N–H and O–H groups in total. The normalized spacial score (nSPS) is 13.7. The molecule has 1 heterocycles. The summed E-state index contributed by atoms with van der Waals surface area (Å²) in [6.07, 6.45) is 0. The van der Waals surface area contributed by atoms with E-state index < -0.39 is 17.6 Å². The molecule has 0 saturated carbocycles. The lowest BCUT2D eigenvalue weighted by molar-refractivity contribution is -0.120. The molecule has 5 nitrogen and oxygen atoms in total. The van der Waals surface area contributed by atoms with Crippen LogP contribution >= 0.6 is 0 Å². The van der Waals surface area contributed by atoms with Gasteiger partial charge in [0.25, 0.3) is 11.8 Å². The minimum absolute atomic E-state index is 0.144. The van der Waals surface area contributed by atoms with E-state index in [-0.39, 0.29) is 11.3 Å². The van der Waals surface area contributed by atoms with Gasteiger partial charge in [0.05, 0.1) is 23.6 Å². The highest BCUT2D eigenvalue weighted by molar-refractivity contribution is 6.46. The van der Waals surface area contributed by atoms with Gasteiger partial charge in [0.2, 0.25) is 0 Å². The number of amides is 2. The fourth-order valence-corrected chi connectivity index (χ4v) is 3.44. The highest BCUT2D eigenvalue weighted by Gasteiger charge is 2.40. The molecule has 2 amide bonds. The van der Waals surface area contributed by atoms with E-state index in [1.807, 2.05) is 38.1 Å². The Morgan fingerprint density at radius 1 is 0.903 bits per heavy atom. The van der Waals surface area contributed by atoms with Crippen molar-refractivity contribution >= 4 is 28.8 Å². The first-order chi connectivity index (χ1) is 15.0. The molecule has 156 valence electrons. The molecule has 0 fully saturated rings. The van der Waals surface area contributed by atoms with E-state index in [9.17, 15) is 14.0 Å². The Bertz CT molecular complexity index is 1170. The van der Waals surface area contributed by atoms with Crippen LogP contribution in [0.1, 0.15) is 18.1 Å². The summed E-state index contributed by atoms with van der Waals surface area (Å²) < 4.78 is 19.1. The molecule has 0 aliphatic carbocycles. The fourth-order valence-electron chi connectivity index (χ4n) is 3.44. The number of aryl methyl sites for hydroxylation is 1. The van der Waals surface area contributed by atoms with Crippen molar-refractivity contribution in [1.82, 2.24) is 0 Å². The SMILES string of the molecule is CCOc1ccccc1NC1=C(c2ccc(C)cc2)C(=O)N(c2ccc(F)cc2)C1=O. The molecule has 0 radical (unpaired) electrons. The van der Waals surface area contributed by atoms with E-state index in [0.29, 0.717) is 29.3 Å². The summed E-state index contributed by atoms with van der Waals surface area (Å²) in [4.78, 5) is 27.8. The molecule has 0 spiro atoms. The lowest BCUT2D eigenvalue weighted by Gasteiger charge is -2.16. The summed E-state index contributed by atoms with van der Waals surface area (Å²) in [7, 11) is 0. The van der Waals surface area contributed by atoms with Crippen molar-refractivity contribution in [1.29, 1.82) is 0 Å². The topological polar surface area (TPSA) is 58.6 Å². The van der Waals surface area contributed by atoms with Crippen LogP contribution in [0.15, 0.2) is 78.5 Å². The van der Waals surface area contributed by atoms with Crippen LogP contribution in [0.4, 0.5) is 15.8 Å². The Kier molecular flexibility index (Phi) is 5.54. The van der Waals surface area contributed by atoms with Gasteiger partial charge in [0, 0.05) is 0 Å². The molecule has 3 aromatic rings. The number of carbonyl (C=O) groups excluding carboxylic acids is 2. The van der Waals surface area contributed by atoms with Crippen LogP contribution in [0, 0.1) is 12.7 Å². The predicted octanol–water partition coefficient (Wildman–Crippen LogP) is 4.93. The van der Waals surface area contributed by atoms with Crippen LogP contribution in [0.25, 0.3) is 5.57 Å². The molecule has 6 heteroatoms. The molecular formula is C25H21FN2O3. The van der Waals surface area contributed by atoms with Crippen molar-refractivity contribution < 1.29 is 18.7 Å². The van der Waals surface area contributed by atoms with Gasteiger partial charge < -0.3 is 10.1 Å². The van der Waals surface area contributed by atoms with Gasteiger partial charge in [-0.1, -0.05) is 42.0 Å². The van der Waals surface area contributed by atoms with E-state index in [2.05, 4.69) is 5.32 Å². The molecule has 0 saturated heterocycles.